The number of carboxylic acid groups (broad SMARTS) is 1. The number of carboxylic acids is 1. The maximum Gasteiger partial charge on any atom is 0.311 e. The minimum Gasteiger partial charge on any atom is -0.481 e. The molecule has 6 heteroatoms. The molecule has 1 aliphatic heterocycles. The van der Waals surface area contributed by atoms with E-state index in [-0.39, 0.29) is 18.4 Å². The molecule has 2 amide bonds. The highest BCUT2D eigenvalue weighted by atomic mass is 16.4. The molecule has 1 aromatic carbocycles. The smallest absolute Gasteiger partial charge is 0.311 e. The van der Waals surface area contributed by atoms with Crippen LogP contribution in [-0.2, 0) is 27.2 Å². The van der Waals surface area contributed by atoms with Crippen molar-refractivity contribution in [3.8, 4) is 0 Å². The van der Waals surface area contributed by atoms with Crippen molar-refractivity contribution >= 4 is 23.5 Å². The molecule has 136 valence electrons. The lowest BCUT2D eigenvalue weighted by Crippen LogP contribution is -2.42. The minimum atomic E-state index is -0.880. The number of aryl methyl sites for hydroxylation is 1. The first-order valence-electron chi connectivity index (χ1n) is 8.82. The third kappa shape index (κ3) is 4.59. The lowest BCUT2D eigenvalue weighted by atomic mass is 9.82. The SMILES string of the molecule is CCC(CC)(CNC(=O)CCCc1ccc2c(c1)CC(=O)N2)C(=O)O. The van der Waals surface area contributed by atoms with Gasteiger partial charge in [0, 0.05) is 18.7 Å². The molecule has 0 atom stereocenters. The normalized spacial score (nSPS) is 13.3. The zero-order valence-corrected chi connectivity index (χ0v) is 14.9. The van der Waals surface area contributed by atoms with E-state index in [1.54, 1.807) is 0 Å². The first-order valence-corrected chi connectivity index (χ1v) is 8.82. The fourth-order valence-electron chi connectivity index (χ4n) is 3.13. The molecule has 25 heavy (non-hydrogen) atoms. The van der Waals surface area contributed by atoms with Crippen LogP contribution in [0.15, 0.2) is 18.2 Å². The van der Waals surface area contributed by atoms with E-state index in [4.69, 9.17) is 0 Å². The Morgan fingerprint density at radius 1 is 1.28 bits per heavy atom. The zero-order chi connectivity index (χ0) is 18.4. The molecule has 0 bridgehead atoms. The molecule has 0 unspecified atom stereocenters. The van der Waals surface area contributed by atoms with Crippen molar-refractivity contribution in [3.05, 3.63) is 29.3 Å². The average Bonchev–Trinajstić information content (AvgIpc) is 2.95. The van der Waals surface area contributed by atoms with Gasteiger partial charge >= 0.3 is 5.97 Å². The summed E-state index contributed by atoms with van der Waals surface area (Å²) in [5.74, 6) is -0.968. The van der Waals surface area contributed by atoms with Gasteiger partial charge in [-0.25, -0.2) is 0 Å². The fraction of sp³-hybridized carbons (Fsp3) is 0.526. The molecule has 1 aromatic rings. The van der Waals surface area contributed by atoms with E-state index < -0.39 is 11.4 Å². The van der Waals surface area contributed by atoms with Crippen molar-refractivity contribution in [2.45, 2.75) is 52.4 Å². The molecule has 3 N–H and O–H groups in total. The summed E-state index contributed by atoms with van der Waals surface area (Å²) in [4.78, 5) is 34.8. The highest BCUT2D eigenvalue weighted by Gasteiger charge is 2.34. The van der Waals surface area contributed by atoms with Crippen molar-refractivity contribution in [1.29, 1.82) is 0 Å². The van der Waals surface area contributed by atoms with Gasteiger partial charge in [0.2, 0.25) is 11.8 Å². The molecule has 0 aliphatic carbocycles. The standard InChI is InChI=1S/C19H26N2O4/c1-3-19(4-2,18(24)25)12-20-16(22)7-5-6-13-8-9-15-14(10-13)11-17(23)21-15/h8-10H,3-7,11-12H2,1-2H3,(H,20,22)(H,21,23)(H,24,25). The van der Waals surface area contributed by atoms with Crippen LogP contribution in [0.4, 0.5) is 5.69 Å². The van der Waals surface area contributed by atoms with Gasteiger partial charge in [0.25, 0.3) is 0 Å². The summed E-state index contributed by atoms with van der Waals surface area (Å²) >= 11 is 0. The summed E-state index contributed by atoms with van der Waals surface area (Å²) in [6, 6.07) is 5.88. The van der Waals surface area contributed by atoms with E-state index in [2.05, 4.69) is 10.6 Å². The van der Waals surface area contributed by atoms with Gasteiger partial charge in [0.15, 0.2) is 0 Å². The van der Waals surface area contributed by atoms with E-state index in [1.807, 2.05) is 32.0 Å². The molecule has 0 saturated heterocycles. The van der Waals surface area contributed by atoms with Crippen LogP contribution in [-0.4, -0.2) is 29.4 Å². The molecule has 0 spiro atoms. The van der Waals surface area contributed by atoms with Crippen LogP contribution >= 0.6 is 0 Å². The van der Waals surface area contributed by atoms with Gasteiger partial charge in [-0.15, -0.1) is 0 Å². The molecule has 1 aliphatic rings. The summed E-state index contributed by atoms with van der Waals surface area (Å²) < 4.78 is 0. The largest absolute Gasteiger partial charge is 0.481 e. The number of anilines is 1. The summed E-state index contributed by atoms with van der Waals surface area (Å²) in [6.07, 6.45) is 3.18. The van der Waals surface area contributed by atoms with Gasteiger partial charge < -0.3 is 15.7 Å². The predicted molar refractivity (Wildman–Crippen MR) is 95.4 cm³/mol. The quantitative estimate of drug-likeness (QED) is 0.640. The Morgan fingerprint density at radius 2 is 2.00 bits per heavy atom. The Morgan fingerprint density at radius 3 is 2.64 bits per heavy atom. The van der Waals surface area contributed by atoms with Crippen molar-refractivity contribution in [1.82, 2.24) is 5.32 Å². The number of rotatable bonds is 9. The zero-order valence-electron chi connectivity index (χ0n) is 14.9. The second-order valence-electron chi connectivity index (χ2n) is 6.64. The molecular weight excluding hydrogens is 320 g/mol. The maximum atomic E-state index is 12.0. The van der Waals surface area contributed by atoms with Gasteiger partial charge in [-0.3, -0.25) is 14.4 Å². The number of carbonyl (C=O) groups is 3. The fourth-order valence-corrected chi connectivity index (χ4v) is 3.13. The molecule has 6 nitrogen and oxygen atoms in total. The van der Waals surface area contributed by atoms with Crippen LogP contribution in [0.5, 0.6) is 0 Å². The number of amides is 2. The molecule has 0 aromatic heterocycles. The first-order chi connectivity index (χ1) is 11.9. The Balaban J connectivity index is 1.78. The maximum absolute atomic E-state index is 12.0. The van der Waals surface area contributed by atoms with Gasteiger partial charge in [-0.2, -0.15) is 0 Å². The van der Waals surface area contributed by atoms with Crippen LogP contribution in [0.2, 0.25) is 0 Å². The predicted octanol–water partition coefficient (Wildman–Crippen LogP) is 2.51. The second-order valence-corrected chi connectivity index (χ2v) is 6.64. The Bertz CT molecular complexity index is 665. The molecule has 2 rings (SSSR count). The van der Waals surface area contributed by atoms with Gasteiger partial charge in [0.1, 0.15) is 0 Å². The van der Waals surface area contributed by atoms with Crippen molar-refractivity contribution in [2.24, 2.45) is 5.41 Å². The highest BCUT2D eigenvalue weighted by Crippen LogP contribution is 2.26. The highest BCUT2D eigenvalue weighted by molar-refractivity contribution is 5.99. The second kappa shape index (κ2) is 8.14. The van der Waals surface area contributed by atoms with Crippen molar-refractivity contribution < 1.29 is 19.5 Å². The molecule has 0 radical (unpaired) electrons. The van der Waals surface area contributed by atoms with E-state index in [0.717, 1.165) is 23.2 Å². The number of hydrogen-bond donors (Lipinski definition) is 3. The van der Waals surface area contributed by atoms with Crippen LogP contribution in [0.25, 0.3) is 0 Å². The molecule has 1 heterocycles. The molecule has 0 saturated carbocycles. The Labute approximate surface area is 148 Å². The first kappa shape index (κ1) is 19.0. The monoisotopic (exact) mass is 346 g/mol. The van der Waals surface area contributed by atoms with E-state index in [9.17, 15) is 19.5 Å². The third-order valence-electron chi connectivity index (χ3n) is 5.10. The van der Waals surface area contributed by atoms with Crippen LogP contribution in [0, 0.1) is 5.41 Å². The third-order valence-corrected chi connectivity index (χ3v) is 5.10. The number of benzene rings is 1. The molecular formula is C19H26N2O4. The van der Waals surface area contributed by atoms with Crippen molar-refractivity contribution in [3.63, 3.8) is 0 Å². The Hall–Kier alpha value is -2.37. The van der Waals surface area contributed by atoms with Crippen LogP contribution < -0.4 is 10.6 Å². The number of nitrogens with one attached hydrogen (secondary N) is 2. The number of carbonyl (C=O) groups excluding carboxylic acids is 2. The molecule has 0 fully saturated rings. The Kier molecular flexibility index (Phi) is 6.17. The lowest BCUT2D eigenvalue weighted by Gasteiger charge is -2.26. The van der Waals surface area contributed by atoms with E-state index in [1.165, 1.54) is 0 Å². The van der Waals surface area contributed by atoms with Crippen LogP contribution in [0.3, 0.4) is 0 Å². The summed E-state index contributed by atoms with van der Waals surface area (Å²) in [5, 5.41) is 14.9. The van der Waals surface area contributed by atoms with Crippen molar-refractivity contribution in [2.75, 3.05) is 11.9 Å². The summed E-state index contributed by atoms with van der Waals surface area (Å²) in [7, 11) is 0. The summed E-state index contributed by atoms with van der Waals surface area (Å²) in [6.45, 7) is 3.83. The number of aliphatic carboxylic acids is 1. The van der Waals surface area contributed by atoms with Gasteiger partial charge in [-0.1, -0.05) is 26.0 Å². The average molecular weight is 346 g/mol. The lowest BCUT2D eigenvalue weighted by molar-refractivity contribution is -0.149. The topological polar surface area (TPSA) is 95.5 Å². The number of fused-ring (bicyclic) bond motifs is 1. The van der Waals surface area contributed by atoms with E-state index in [0.29, 0.717) is 32.1 Å². The van der Waals surface area contributed by atoms with Crippen LogP contribution in [0.1, 0.15) is 50.7 Å². The minimum absolute atomic E-state index is 0.0142. The number of hydrogen-bond acceptors (Lipinski definition) is 3. The van der Waals surface area contributed by atoms with E-state index >= 15 is 0 Å². The van der Waals surface area contributed by atoms with Gasteiger partial charge in [0.05, 0.1) is 11.8 Å². The van der Waals surface area contributed by atoms with Gasteiger partial charge in [-0.05, 0) is 42.9 Å². The summed E-state index contributed by atoms with van der Waals surface area (Å²) in [5.41, 5.74) is 2.10.